The van der Waals surface area contributed by atoms with Crippen molar-refractivity contribution in [2.24, 2.45) is 0 Å². The number of ether oxygens (including phenoxy) is 1. The molecule has 0 aliphatic heterocycles. The van der Waals surface area contributed by atoms with Gasteiger partial charge in [-0.25, -0.2) is 4.79 Å². The number of carboxylic acid groups (broad SMARTS) is 1. The van der Waals surface area contributed by atoms with Crippen LogP contribution >= 0.6 is 0 Å². The monoisotopic (exact) mass is 386 g/mol. The number of amides is 1. The van der Waals surface area contributed by atoms with Crippen LogP contribution in [0.15, 0.2) is 21.3 Å². The van der Waals surface area contributed by atoms with Crippen molar-refractivity contribution in [1.29, 1.82) is 0 Å². The van der Waals surface area contributed by atoms with Crippen molar-refractivity contribution in [2.45, 2.75) is 51.9 Å². The molecule has 3 rings (SSSR count). The Labute approximate surface area is 162 Å². The summed E-state index contributed by atoms with van der Waals surface area (Å²) in [6.45, 7) is 2.21. The first-order chi connectivity index (χ1) is 13.5. The maximum Gasteiger partial charge on any atom is 0.339 e. The number of carbonyl (C=O) groups is 2. The van der Waals surface area contributed by atoms with Crippen LogP contribution in [0.2, 0.25) is 0 Å². The zero-order valence-electron chi connectivity index (χ0n) is 16.0. The molecule has 1 heterocycles. The van der Waals surface area contributed by atoms with Crippen molar-refractivity contribution < 1.29 is 23.8 Å². The van der Waals surface area contributed by atoms with E-state index in [9.17, 15) is 19.5 Å². The third-order valence-corrected chi connectivity index (χ3v) is 4.92. The van der Waals surface area contributed by atoms with Gasteiger partial charge in [-0.15, -0.1) is 0 Å². The average Bonchev–Trinajstić information content (AvgIpc) is 3.12. The van der Waals surface area contributed by atoms with Gasteiger partial charge in [0.1, 0.15) is 11.3 Å². The van der Waals surface area contributed by atoms with Gasteiger partial charge >= 0.3 is 5.63 Å². The summed E-state index contributed by atoms with van der Waals surface area (Å²) in [5.41, 5.74) is 2.77. The number of hydrogen-bond acceptors (Lipinski definition) is 6. The molecule has 1 aliphatic rings. The van der Waals surface area contributed by atoms with Crippen LogP contribution in [0, 0.1) is 6.92 Å². The van der Waals surface area contributed by atoms with Gasteiger partial charge in [0.25, 0.3) is 5.91 Å². The van der Waals surface area contributed by atoms with Crippen LogP contribution in [0.3, 0.4) is 0 Å². The van der Waals surface area contributed by atoms with Crippen molar-refractivity contribution >= 4 is 22.8 Å². The van der Waals surface area contributed by atoms with Crippen molar-refractivity contribution in [3.05, 3.63) is 39.2 Å². The minimum atomic E-state index is -1.05. The lowest BCUT2D eigenvalue weighted by molar-refractivity contribution is -0.305. The number of fused-ring (bicyclic) bond motifs is 3. The highest BCUT2D eigenvalue weighted by Gasteiger charge is 2.22. The molecule has 7 nitrogen and oxygen atoms in total. The number of hydrogen-bond donors (Lipinski definition) is 1. The lowest BCUT2D eigenvalue weighted by Crippen LogP contribution is -2.29. The van der Waals surface area contributed by atoms with Gasteiger partial charge in [0, 0.05) is 18.1 Å². The SMILES string of the molecule is Cc1cc(OCC(=O)NCCCCCC(=O)[O-])c2c3c(c(=O)oc2c1)CCC3. The lowest BCUT2D eigenvalue weighted by Gasteiger charge is -2.13. The lowest BCUT2D eigenvalue weighted by atomic mass is 10.0. The molecule has 0 bridgehead atoms. The Kier molecular flexibility index (Phi) is 6.34. The van der Waals surface area contributed by atoms with Crippen LogP contribution in [0.1, 0.15) is 48.8 Å². The molecule has 7 heteroatoms. The molecule has 0 atom stereocenters. The van der Waals surface area contributed by atoms with Crippen LogP contribution in [0.25, 0.3) is 11.0 Å². The van der Waals surface area contributed by atoms with Gasteiger partial charge in [-0.3, -0.25) is 4.79 Å². The predicted molar refractivity (Wildman–Crippen MR) is 101 cm³/mol. The number of nitrogens with one attached hydrogen (secondary N) is 1. The molecule has 1 aliphatic carbocycles. The Hall–Kier alpha value is -2.83. The molecule has 1 aromatic heterocycles. The molecular weight excluding hydrogens is 362 g/mol. The van der Waals surface area contributed by atoms with Crippen LogP contribution < -0.4 is 20.8 Å². The van der Waals surface area contributed by atoms with Gasteiger partial charge < -0.3 is 24.4 Å². The second-order valence-electron chi connectivity index (χ2n) is 7.16. The Bertz CT molecular complexity index is 946. The van der Waals surface area contributed by atoms with Crippen LogP contribution in [0.5, 0.6) is 5.75 Å². The Morgan fingerprint density at radius 2 is 1.96 bits per heavy atom. The topological polar surface area (TPSA) is 109 Å². The molecule has 0 unspecified atom stereocenters. The summed E-state index contributed by atoms with van der Waals surface area (Å²) in [6.07, 6.45) is 4.41. The fourth-order valence-electron chi connectivity index (χ4n) is 3.61. The minimum Gasteiger partial charge on any atom is -0.550 e. The van der Waals surface area contributed by atoms with Crippen LogP contribution in [-0.2, 0) is 22.4 Å². The molecule has 2 aromatic rings. The van der Waals surface area contributed by atoms with Crippen LogP contribution in [-0.4, -0.2) is 25.0 Å². The Morgan fingerprint density at radius 1 is 1.18 bits per heavy atom. The number of rotatable bonds is 9. The Morgan fingerprint density at radius 3 is 2.75 bits per heavy atom. The van der Waals surface area contributed by atoms with E-state index in [1.54, 1.807) is 0 Å². The number of unbranched alkanes of at least 4 members (excludes halogenated alkanes) is 2. The molecule has 0 fully saturated rings. The summed E-state index contributed by atoms with van der Waals surface area (Å²) in [5.74, 6) is -0.741. The highest BCUT2D eigenvalue weighted by Crippen LogP contribution is 2.35. The fraction of sp³-hybridized carbons (Fsp3) is 0.476. The van der Waals surface area contributed by atoms with Crippen molar-refractivity contribution in [1.82, 2.24) is 5.32 Å². The molecule has 1 amide bonds. The van der Waals surface area contributed by atoms with E-state index in [1.165, 1.54) is 0 Å². The van der Waals surface area contributed by atoms with E-state index >= 15 is 0 Å². The summed E-state index contributed by atoms with van der Waals surface area (Å²) in [5, 5.41) is 13.9. The normalized spacial score (nSPS) is 12.8. The van der Waals surface area contributed by atoms with E-state index in [4.69, 9.17) is 9.15 Å². The van der Waals surface area contributed by atoms with Crippen LogP contribution in [0.4, 0.5) is 0 Å². The third-order valence-electron chi connectivity index (χ3n) is 4.92. The second kappa shape index (κ2) is 8.91. The van der Waals surface area contributed by atoms with E-state index in [0.29, 0.717) is 49.1 Å². The highest BCUT2D eigenvalue weighted by atomic mass is 16.5. The van der Waals surface area contributed by atoms with Gasteiger partial charge in [0.05, 0.1) is 5.39 Å². The van der Waals surface area contributed by atoms with Crippen molar-refractivity contribution in [2.75, 3.05) is 13.2 Å². The number of aryl methyl sites for hydroxylation is 2. The van der Waals surface area contributed by atoms with Gasteiger partial charge in [-0.05, 0) is 68.7 Å². The maximum absolute atomic E-state index is 12.1. The maximum atomic E-state index is 12.1. The zero-order chi connectivity index (χ0) is 20.1. The summed E-state index contributed by atoms with van der Waals surface area (Å²) in [4.78, 5) is 34.5. The van der Waals surface area contributed by atoms with Gasteiger partial charge in [-0.1, -0.05) is 6.42 Å². The molecule has 28 heavy (non-hydrogen) atoms. The first-order valence-electron chi connectivity index (χ1n) is 9.64. The molecule has 0 radical (unpaired) electrons. The summed E-state index contributed by atoms with van der Waals surface area (Å²) in [7, 11) is 0. The van der Waals surface area contributed by atoms with Gasteiger partial charge in [0.15, 0.2) is 6.61 Å². The smallest absolute Gasteiger partial charge is 0.339 e. The summed E-state index contributed by atoms with van der Waals surface area (Å²) in [6, 6.07) is 3.67. The molecule has 1 N–H and O–H groups in total. The van der Waals surface area contributed by atoms with E-state index in [1.807, 2.05) is 19.1 Å². The number of carboxylic acids is 1. The third kappa shape index (κ3) is 4.71. The largest absolute Gasteiger partial charge is 0.550 e. The molecule has 0 saturated carbocycles. The van der Waals surface area contributed by atoms with E-state index in [0.717, 1.165) is 29.4 Å². The summed E-state index contributed by atoms with van der Waals surface area (Å²) >= 11 is 0. The molecule has 150 valence electrons. The second-order valence-corrected chi connectivity index (χ2v) is 7.16. The minimum absolute atomic E-state index is 0.0396. The number of aliphatic carboxylic acids is 1. The molecule has 1 aromatic carbocycles. The highest BCUT2D eigenvalue weighted by molar-refractivity contribution is 5.89. The fourth-order valence-corrected chi connectivity index (χ4v) is 3.61. The van der Waals surface area contributed by atoms with Crippen molar-refractivity contribution in [3.63, 3.8) is 0 Å². The van der Waals surface area contributed by atoms with E-state index < -0.39 is 5.97 Å². The first-order valence-corrected chi connectivity index (χ1v) is 9.64. The zero-order valence-corrected chi connectivity index (χ0v) is 16.0. The Balaban J connectivity index is 1.62. The van der Waals surface area contributed by atoms with Gasteiger partial charge in [-0.2, -0.15) is 0 Å². The number of carbonyl (C=O) groups excluding carboxylic acids is 2. The molecule has 0 spiro atoms. The number of benzene rings is 1. The summed E-state index contributed by atoms with van der Waals surface area (Å²) < 4.78 is 11.2. The standard InChI is InChI=1S/C21H25NO6/c1-13-10-16(27-12-18(23)22-9-4-2-3-8-19(24)25)20-14-6-5-7-15(14)21(26)28-17(20)11-13/h10-11H,2-9,12H2,1H3,(H,22,23)(H,24,25)/p-1. The molecule has 0 saturated heterocycles. The average molecular weight is 386 g/mol. The van der Waals surface area contributed by atoms with E-state index in [-0.39, 0.29) is 24.6 Å². The molecular formula is C21H24NO6-. The van der Waals surface area contributed by atoms with Crippen molar-refractivity contribution in [3.8, 4) is 5.75 Å². The predicted octanol–water partition coefficient (Wildman–Crippen LogP) is 1.40. The quantitative estimate of drug-likeness (QED) is 0.515. The van der Waals surface area contributed by atoms with E-state index in [2.05, 4.69) is 5.32 Å². The first kappa shape index (κ1) is 19.9. The van der Waals surface area contributed by atoms with Gasteiger partial charge in [0.2, 0.25) is 0 Å².